The molecule has 3 heteroatoms. The van der Waals surface area contributed by atoms with E-state index < -0.39 is 0 Å². The first-order valence-electron chi connectivity index (χ1n) is 7.82. The van der Waals surface area contributed by atoms with Crippen molar-refractivity contribution in [2.45, 2.75) is 65.4 Å². The standard InChI is InChI=1S/C16H29NO2/c1-11-7-13(9-16(2,3)8-11)19-15(18)14-6-4-5-12(14)10-17/h11-14H,4-10,17H2,1-3H3. The van der Waals surface area contributed by atoms with Gasteiger partial charge in [0.25, 0.3) is 0 Å². The number of nitrogens with two attached hydrogens (primary N) is 1. The van der Waals surface area contributed by atoms with E-state index in [0.29, 0.717) is 23.8 Å². The molecule has 0 bridgehead atoms. The van der Waals surface area contributed by atoms with E-state index in [0.717, 1.165) is 32.1 Å². The van der Waals surface area contributed by atoms with Crippen LogP contribution in [-0.2, 0) is 9.53 Å². The molecule has 2 N–H and O–H groups in total. The molecule has 4 unspecified atom stereocenters. The second-order valence-corrected chi connectivity index (χ2v) is 7.51. The molecule has 0 spiro atoms. The lowest BCUT2D eigenvalue weighted by Crippen LogP contribution is -2.36. The van der Waals surface area contributed by atoms with Gasteiger partial charge in [0.15, 0.2) is 0 Å². The summed E-state index contributed by atoms with van der Waals surface area (Å²) in [6.07, 6.45) is 6.54. The lowest BCUT2D eigenvalue weighted by molar-refractivity contribution is -0.159. The molecule has 0 radical (unpaired) electrons. The smallest absolute Gasteiger partial charge is 0.309 e. The quantitative estimate of drug-likeness (QED) is 0.799. The van der Waals surface area contributed by atoms with Gasteiger partial charge in [0.1, 0.15) is 6.10 Å². The first kappa shape index (κ1) is 14.8. The third-order valence-corrected chi connectivity index (χ3v) is 4.89. The molecule has 0 aliphatic heterocycles. The Morgan fingerprint density at radius 2 is 2.05 bits per heavy atom. The van der Waals surface area contributed by atoms with Crippen molar-refractivity contribution in [1.82, 2.24) is 0 Å². The van der Waals surface area contributed by atoms with E-state index in [1.165, 1.54) is 6.42 Å². The summed E-state index contributed by atoms with van der Waals surface area (Å²) in [5.74, 6) is 1.07. The molecule has 0 aromatic rings. The molecule has 0 saturated heterocycles. The maximum Gasteiger partial charge on any atom is 0.309 e. The van der Waals surface area contributed by atoms with Gasteiger partial charge >= 0.3 is 5.97 Å². The van der Waals surface area contributed by atoms with Crippen molar-refractivity contribution in [3.05, 3.63) is 0 Å². The topological polar surface area (TPSA) is 52.3 Å². The summed E-state index contributed by atoms with van der Waals surface area (Å²) in [6.45, 7) is 7.44. The summed E-state index contributed by atoms with van der Waals surface area (Å²) in [4.78, 5) is 12.3. The third-order valence-electron chi connectivity index (χ3n) is 4.89. The maximum atomic E-state index is 12.3. The number of esters is 1. The van der Waals surface area contributed by atoms with Crippen LogP contribution in [0.25, 0.3) is 0 Å². The minimum absolute atomic E-state index is 0.0165. The molecule has 2 saturated carbocycles. The Morgan fingerprint density at radius 3 is 2.68 bits per heavy atom. The number of ether oxygens (including phenoxy) is 1. The van der Waals surface area contributed by atoms with Crippen molar-refractivity contribution in [2.75, 3.05) is 6.54 Å². The van der Waals surface area contributed by atoms with E-state index in [1.807, 2.05) is 0 Å². The van der Waals surface area contributed by atoms with Crippen molar-refractivity contribution >= 4 is 5.97 Å². The van der Waals surface area contributed by atoms with E-state index in [9.17, 15) is 4.79 Å². The number of carbonyl (C=O) groups excluding carboxylic acids is 1. The Balaban J connectivity index is 1.91. The Kier molecular flexibility index (Phi) is 4.54. The highest BCUT2D eigenvalue weighted by atomic mass is 16.5. The van der Waals surface area contributed by atoms with Gasteiger partial charge in [0.05, 0.1) is 5.92 Å². The summed E-state index contributed by atoms with van der Waals surface area (Å²) in [5.41, 5.74) is 6.05. The third kappa shape index (κ3) is 3.71. The SMILES string of the molecule is CC1CC(OC(=O)C2CCCC2CN)CC(C)(C)C1. The van der Waals surface area contributed by atoms with Crippen LogP contribution in [0.1, 0.15) is 59.3 Å². The van der Waals surface area contributed by atoms with Crippen molar-refractivity contribution in [3.8, 4) is 0 Å². The number of hydrogen-bond donors (Lipinski definition) is 1. The monoisotopic (exact) mass is 267 g/mol. The Morgan fingerprint density at radius 1 is 1.32 bits per heavy atom. The van der Waals surface area contributed by atoms with Gasteiger partial charge in [-0.2, -0.15) is 0 Å². The molecule has 2 fully saturated rings. The minimum Gasteiger partial charge on any atom is -0.462 e. The van der Waals surface area contributed by atoms with Crippen LogP contribution in [0, 0.1) is 23.2 Å². The fourth-order valence-corrected chi connectivity index (χ4v) is 4.23. The summed E-state index contributed by atoms with van der Waals surface area (Å²) in [7, 11) is 0. The average molecular weight is 267 g/mol. The molecule has 2 rings (SSSR count). The van der Waals surface area contributed by atoms with E-state index in [1.54, 1.807) is 0 Å². The number of carbonyl (C=O) groups is 1. The Hall–Kier alpha value is -0.570. The lowest BCUT2D eigenvalue weighted by Gasteiger charge is -2.38. The van der Waals surface area contributed by atoms with Crippen LogP contribution in [0.2, 0.25) is 0 Å². The molecule has 0 aromatic heterocycles. The second-order valence-electron chi connectivity index (χ2n) is 7.51. The molecule has 4 atom stereocenters. The average Bonchev–Trinajstić information content (AvgIpc) is 2.73. The molecule has 110 valence electrons. The van der Waals surface area contributed by atoms with Gasteiger partial charge in [-0.25, -0.2) is 0 Å². The Bertz CT molecular complexity index is 327. The van der Waals surface area contributed by atoms with Gasteiger partial charge in [-0.3, -0.25) is 4.79 Å². The largest absolute Gasteiger partial charge is 0.462 e. The summed E-state index contributed by atoms with van der Waals surface area (Å²) in [5, 5.41) is 0. The van der Waals surface area contributed by atoms with Gasteiger partial charge in [0.2, 0.25) is 0 Å². The zero-order valence-corrected chi connectivity index (χ0v) is 12.7. The predicted octanol–water partition coefficient (Wildman–Crippen LogP) is 3.12. The van der Waals surface area contributed by atoms with Crippen LogP contribution in [-0.4, -0.2) is 18.6 Å². The van der Waals surface area contributed by atoms with Crippen LogP contribution < -0.4 is 5.73 Å². The highest BCUT2D eigenvalue weighted by Gasteiger charge is 2.38. The highest BCUT2D eigenvalue weighted by Crippen LogP contribution is 2.40. The van der Waals surface area contributed by atoms with Crippen LogP contribution in [0.4, 0.5) is 0 Å². The van der Waals surface area contributed by atoms with Crippen LogP contribution in [0.5, 0.6) is 0 Å². The summed E-state index contributed by atoms with van der Waals surface area (Å²) >= 11 is 0. The molecule has 19 heavy (non-hydrogen) atoms. The van der Waals surface area contributed by atoms with E-state index in [4.69, 9.17) is 10.5 Å². The molecule has 2 aliphatic rings. The lowest BCUT2D eigenvalue weighted by atomic mass is 9.71. The molecule has 0 amide bonds. The van der Waals surface area contributed by atoms with Crippen molar-refractivity contribution < 1.29 is 9.53 Å². The van der Waals surface area contributed by atoms with Gasteiger partial charge in [-0.1, -0.05) is 27.2 Å². The van der Waals surface area contributed by atoms with E-state index >= 15 is 0 Å². The fourth-order valence-electron chi connectivity index (χ4n) is 4.23. The molecular weight excluding hydrogens is 238 g/mol. The second kappa shape index (κ2) is 5.82. The van der Waals surface area contributed by atoms with E-state index in [-0.39, 0.29) is 18.0 Å². The van der Waals surface area contributed by atoms with E-state index in [2.05, 4.69) is 20.8 Å². The summed E-state index contributed by atoms with van der Waals surface area (Å²) < 4.78 is 5.82. The molecule has 0 aromatic carbocycles. The first-order valence-corrected chi connectivity index (χ1v) is 7.82. The van der Waals surface area contributed by atoms with Crippen molar-refractivity contribution in [1.29, 1.82) is 0 Å². The maximum absolute atomic E-state index is 12.3. The highest BCUT2D eigenvalue weighted by molar-refractivity contribution is 5.73. The molecular formula is C16H29NO2. The normalized spacial score (nSPS) is 38.1. The first-order chi connectivity index (χ1) is 8.91. The van der Waals surface area contributed by atoms with Gasteiger partial charge in [-0.15, -0.1) is 0 Å². The molecule has 3 nitrogen and oxygen atoms in total. The zero-order valence-electron chi connectivity index (χ0n) is 12.7. The van der Waals surface area contributed by atoms with Gasteiger partial charge < -0.3 is 10.5 Å². The van der Waals surface area contributed by atoms with Gasteiger partial charge in [-0.05, 0) is 55.9 Å². The summed E-state index contributed by atoms with van der Waals surface area (Å²) in [6, 6.07) is 0. The van der Waals surface area contributed by atoms with Crippen molar-refractivity contribution in [2.24, 2.45) is 28.9 Å². The molecule has 2 aliphatic carbocycles. The zero-order chi connectivity index (χ0) is 14.0. The Labute approximate surface area is 117 Å². The van der Waals surface area contributed by atoms with Gasteiger partial charge in [0, 0.05) is 0 Å². The van der Waals surface area contributed by atoms with Crippen LogP contribution in [0.3, 0.4) is 0 Å². The van der Waals surface area contributed by atoms with Crippen LogP contribution >= 0.6 is 0 Å². The fraction of sp³-hybridized carbons (Fsp3) is 0.938. The predicted molar refractivity (Wildman–Crippen MR) is 76.6 cm³/mol. The number of hydrogen-bond acceptors (Lipinski definition) is 3. The molecule has 0 heterocycles. The van der Waals surface area contributed by atoms with Crippen LogP contribution in [0.15, 0.2) is 0 Å². The van der Waals surface area contributed by atoms with Crippen molar-refractivity contribution in [3.63, 3.8) is 0 Å². The number of rotatable bonds is 3. The minimum atomic E-state index is 0.0165.